The first-order valence-corrected chi connectivity index (χ1v) is 6.86. The van der Waals surface area contributed by atoms with Crippen molar-refractivity contribution in [1.29, 1.82) is 0 Å². The first-order valence-electron chi connectivity index (χ1n) is 5.42. The van der Waals surface area contributed by atoms with E-state index in [0.717, 1.165) is 10.4 Å². The number of hydrogen-bond acceptors (Lipinski definition) is 3. The van der Waals surface area contributed by atoms with Gasteiger partial charge in [-0.15, -0.1) is 6.42 Å². The van der Waals surface area contributed by atoms with Gasteiger partial charge in [0.2, 0.25) is 10.0 Å². The topological polar surface area (TPSA) is 63.4 Å². The number of hydrogen-bond donors (Lipinski definition) is 1. The van der Waals surface area contributed by atoms with E-state index in [4.69, 9.17) is 12.2 Å². The number of halogens is 1. The van der Waals surface area contributed by atoms with Gasteiger partial charge in [-0.05, 0) is 18.6 Å². The fourth-order valence-electron chi connectivity index (χ4n) is 1.52. The highest BCUT2D eigenvalue weighted by atomic mass is 32.2. The zero-order valence-electron chi connectivity index (χ0n) is 10.1. The first-order chi connectivity index (χ1) is 8.45. The van der Waals surface area contributed by atoms with Gasteiger partial charge in [-0.1, -0.05) is 18.9 Å². The number of sulfonamides is 1. The molecule has 0 radical (unpaired) electrons. The average Bonchev–Trinajstić information content (AvgIpc) is 2.32. The summed E-state index contributed by atoms with van der Waals surface area (Å²) in [5, 5.41) is 0. The van der Waals surface area contributed by atoms with Gasteiger partial charge in [-0.2, -0.15) is 4.31 Å². The van der Waals surface area contributed by atoms with E-state index in [1.165, 1.54) is 12.1 Å². The van der Waals surface area contributed by atoms with Gasteiger partial charge in [0.1, 0.15) is 10.7 Å². The van der Waals surface area contributed by atoms with Gasteiger partial charge in [0.05, 0.1) is 12.2 Å². The first kappa shape index (κ1) is 14.5. The lowest BCUT2D eigenvalue weighted by molar-refractivity contribution is 0.445. The maximum atomic E-state index is 13.3. The molecule has 4 nitrogen and oxygen atoms in total. The standard InChI is InChI=1S/C12H15FN2O2S/c1-3-8-15(9-4-2)18(16,17)11-7-5-6-10(13)12(11)14/h1,5-7H,4,8-9,14H2,2H3. The lowest BCUT2D eigenvalue weighted by atomic mass is 10.3. The second kappa shape index (κ2) is 5.85. The Balaban J connectivity index is 3.27. The number of nitrogens with zero attached hydrogens (tertiary/aromatic N) is 1. The van der Waals surface area contributed by atoms with E-state index in [0.29, 0.717) is 6.42 Å². The summed E-state index contributed by atoms with van der Waals surface area (Å²) in [5.41, 5.74) is 5.09. The molecule has 0 aromatic heterocycles. The highest BCUT2D eigenvalue weighted by Gasteiger charge is 2.26. The quantitative estimate of drug-likeness (QED) is 0.650. The van der Waals surface area contributed by atoms with Crippen molar-refractivity contribution in [3.8, 4) is 12.3 Å². The fourth-order valence-corrected chi connectivity index (χ4v) is 3.09. The Bertz CT molecular complexity index is 564. The van der Waals surface area contributed by atoms with Crippen LogP contribution in [0.3, 0.4) is 0 Å². The van der Waals surface area contributed by atoms with E-state index in [2.05, 4.69) is 5.92 Å². The van der Waals surface area contributed by atoms with Crippen LogP contribution in [-0.2, 0) is 10.0 Å². The van der Waals surface area contributed by atoms with Gasteiger partial charge in [-0.25, -0.2) is 12.8 Å². The molecule has 0 unspecified atom stereocenters. The summed E-state index contributed by atoms with van der Waals surface area (Å²) in [7, 11) is -3.85. The SMILES string of the molecule is C#CCN(CCC)S(=O)(=O)c1cccc(F)c1N. The molecule has 1 aromatic rings. The van der Waals surface area contributed by atoms with Crippen LogP contribution in [0.25, 0.3) is 0 Å². The van der Waals surface area contributed by atoms with Crippen LogP contribution in [0.1, 0.15) is 13.3 Å². The third-order valence-electron chi connectivity index (χ3n) is 2.37. The number of terminal acetylenes is 1. The van der Waals surface area contributed by atoms with Crippen molar-refractivity contribution in [2.24, 2.45) is 0 Å². The summed E-state index contributed by atoms with van der Waals surface area (Å²) in [4.78, 5) is -0.244. The van der Waals surface area contributed by atoms with E-state index < -0.39 is 15.8 Å². The molecular formula is C12H15FN2O2S. The Morgan fingerprint density at radius 3 is 2.72 bits per heavy atom. The predicted molar refractivity (Wildman–Crippen MR) is 68.7 cm³/mol. The van der Waals surface area contributed by atoms with E-state index in [1.807, 2.05) is 6.92 Å². The van der Waals surface area contributed by atoms with Crippen LogP contribution >= 0.6 is 0 Å². The summed E-state index contributed by atoms with van der Waals surface area (Å²) in [5.74, 6) is 1.52. The molecule has 0 aliphatic carbocycles. The molecule has 0 bridgehead atoms. The van der Waals surface area contributed by atoms with Crippen LogP contribution in [0, 0.1) is 18.2 Å². The predicted octanol–water partition coefficient (Wildman–Crippen LogP) is 1.44. The van der Waals surface area contributed by atoms with E-state index in [9.17, 15) is 12.8 Å². The van der Waals surface area contributed by atoms with Gasteiger partial charge in [0.15, 0.2) is 0 Å². The molecule has 0 spiro atoms. The number of benzene rings is 1. The highest BCUT2D eigenvalue weighted by molar-refractivity contribution is 7.89. The molecule has 0 saturated carbocycles. The van der Waals surface area contributed by atoms with Gasteiger partial charge in [0, 0.05) is 6.54 Å². The molecule has 0 aliphatic heterocycles. The van der Waals surface area contributed by atoms with Crippen molar-refractivity contribution >= 4 is 15.7 Å². The molecule has 0 saturated heterocycles. The summed E-state index contributed by atoms with van der Waals surface area (Å²) < 4.78 is 38.9. The van der Waals surface area contributed by atoms with E-state index >= 15 is 0 Å². The Kier molecular flexibility index (Phi) is 4.70. The summed E-state index contributed by atoms with van der Waals surface area (Å²) in [6, 6.07) is 3.69. The van der Waals surface area contributed by atoms with Crippen molar-refractivity contribution in [1.82, 2.24) is 4.31 Å². The smallest absolute Gasteiger partial charge is 0.246 e. The normalized spacial score (nSPS) is 11.4. The Morgan fingerprint density at radius 1 is 1.50 bits per heavy atom. The second-order valence-electron chi connectivity index (χ2n) is 3.69. The molecule has 0 fully saturated rings. The van der Waals surface area contributed by atoms with E-state index in [1.54, 1.807) is 0 Å². The minimum atomic E-state index is -3.85. The molecule has 0 amide bonds. The van der Waals surface area contributed by atoms with Gasteiger partial charge in [-0.3, -0.25) is 0 Å². The van der Waals surface area contributed by atoms with Crippen molar-refractivity contribution in [2.75, 3.05) is 18.8 Å². The minimum Gasteiger partial charge on any atom is -0.395 e. The molecule has 0 atom stereocenters. The molecule has 1 rings (SSSR count). The lowest BCUT2D eigenvalue weighted by Crippen LogP contribution is -2.32. The monoisotopic (exact) mass is 270 g/mol. The summed E-state index contributed by atoms with van der Waals surface area (Å²) >= 11 is 0. The molecular weight excluding hydrogens is 255 g/mol. The Labute approximate surface area is 107 Å². The van der Waals surface area contributed by atoms with Gasteiger partial charge >= 0.3 is 0 Å². The summed E-state index contributed by atoms with van der Waals surface area (Å²) in [6.45, 7) is 2.03. The Hall–Kier alpha value is -1.58. The number of nitrogen functional groups attached to an aromatic ring is 1. The third kappa shape index (κ3) is 2.81. The maximum Gasteiger partial charge on any atom is 0.246 e. The molecule has 6 heteroatoms. The lowest BCUT2D eigenvalue weighted by Gasteiger charge is -2.20. The highest BCUT2D eigenvalue weighted by Crippen LogP contribution is 2.24. The van der Waals surface area contributed by atoms with Crippen LogP contribution < -0.4 is 5.73 Å². The van der Waals surface area contributed by atoms with Crippen LogP contribution in [0.4, 0.5) is 10.1 Å². The largest absolute Gasteiger partial charge is 0.395 e. The van der Waals surface area contributed by atoms with Crippen molar-refractivity contribution < 1.29 is 12.8 Å². The fraction of sp³-hybridized carbons (Fsp3) is 0.333. The zero-order chi connectivity index (χ0) is 13.8. The molecule has 0 heterocycles. The average molecular weight is 270 g/mol. The van der Waals surface area contributed by atoms with Crippen LogP contribution in [0.5, 0.6) is 0 Å². The number of rotatable bonds is 5. The zero-order valence-corrected chi connectivity index (χ0v) is 10.9. The van der Waals surface area contributed by atoms with Crippen molar-refractivity contribution in [3.05, 3.63) is 24.0 Å². The minimum absolute atomic E-state index is 0.0634. The van der Waals surface area contributed by atoms with E-state index in [-0.39, 0.29) is 23.7 Å². The van der Waals surface area contributed by atoms with Crippen LogP contribution in [0.15, 0.2) is 23.1 Å². The third-order valence-corrected chi connectivity index (χ3v) is 4.27. The molecule has 2 N–H and O–H groups in total. The second-order valence-corrected chi connectivity index (χ2v) is 5.60. The van der Waals surface area contributed by atoms with Crippen LogP contribution in [0.2, 0.25) is 0 Å². The van der Waals surface area contributed by atoms with Crippen molar-refractivity contribution in [2.45, 2.75) is 18.2 Å². The number of nitrogens with two attached hydrogens (primary N) is 1. The van der Waals surface area contributed by atoms with Crippen molar-refractivity contribution in [3.63, 3.8) is 0 Å². The summed E-state index contributed by atoms with van der Waals surface area (Å²) in [6.07, 6.45) is 5.75. The van der Waals surface area contributed by atoms with Gasteiger partial charge in [0.25, 0.3) is 0 Å². The molecule has 1 aromatic carbocycles. The maximum absolute atomic E-state index is 13.3. The van der Waals surface area contributed by atoms with Crippen LogP contribution in [-0.4, -0.2) is 25.8 Å². The Morgan fingerprint density at radius 2 is 2.17 bits per heavy atom. The molecule has 98 valence electrons. The number of para-hydroxylation sites is 1. The molecule has 0 aliphatic rings. The molecule has 18 heavy (non-hydrogen) atoms. The van der Waals surface area contributed by atoms with Gasteiger partial charge < -0.3 is 5.73 Å². The number of anilines is 1.